The maximum Gasteiger partial charge on any atom is 0.451 e. The number of nitrogens with zero attached hydrogens (tertiary/aromatic N) is 2. The fourth-order valence-corrected chi connectivity index (χ4v) is 0.682. The summed E-state index contributed by atoms with van der Waals surface area (Å²) in [4.78, 5) is 6.30. The Morgan fingerprint density at radius 2 is 1.93 bits per heavy atom. The Kier molecular flexibility index (Phi) is 4.59. The van der Waals surface area contributed by atoms with Gasteiger partial charge in [0.25, 0.3) is 0 Å². The highest BCUT2D eigenvalue weighted by Gasteiger charge is 2.35. The normalized spacial score (nSPS) is 17.0. The molecule has 0 fully saturated rings. The van der Waals surface area contributed by atoms with E-state index in [0.29, 0.717) is 6.42 Å². The zero-order valence-electron chi connectivity index (χ0n) is 8.39. The van der Waals surface area contributed by atoms with Crippen molar-refractivity contribution in [2.45, 2.75) is 26.4 Å². The van der Waals surface area contributed by atoms with E-state index in [1.54, 1.807) is 6.92 Å². The molecule has 0 amide bonds. The Labute approximate surface area is 80.9 Å². The van der Waals surface area contributed by atoms with Gasteiger partial charge in [-0.1, -0.05) is 13.8 Å². The fraction of sp³-hybridized carbons (Fsp3) is 0.750. The van der Waals surface area contributed by atoms with Crippen LogP contribution in [0.25, 0.3) is 0 Å². The highest BCUT2D eigenvalue weighted by molar-refractivity contribution is 5.99. The number of nitrogens with two attached hydrogens (primary N) is 1. The van der Waals surface area contributed by atoms with Gasteiger partial charge in [0.05, 0.1) is 0 Å². The molecule has 1 unspecified atom stereocenters. The number of amidine groups is 2. The van der Waals surface area contributed by atoms with E-state index in [4.69, 9.17) is 5.73 Å². The largest absolute Gasteiger partial charge is 0.451 e. The van der Waals surface area contributed by atoms with Crippen LogP contribution in [0.5, 0.6) is 0 Å². The van der Waals surface area contributed by atoms with Crippen LogP contribution in [0.4, 0.5) is 13.2 Å². The van der Waals surface area contributed by atoms with Crippen LogP contribution < -0.4 is 5.73 Å². The Morgan fingerprint density at radius 1 is 1.43 bits per heavy atom. The SMILES string of the molecule is CCC(C)C(N)=NC(=NC)C(F)(F)F. The van der Waals surface area contributed by atoms with Gasteiger partial charge in [0.1, 0.15) is 5.84 Å². The summed E-state index contributed by atoms with van der Waals surface area (Å²) >= 11 is 0. The maximum atomic E-state index is 12.2. The first kappa shape index (κ1) is 12.9. The number of alkyl halides is 3. The lowest BCUT2D eigenvalue weighted by atomic mass is 10.1. The number of halogens is 3. The van der Waals surface area contributed by atoms with Crippen molar-refractivity contribution in [2.24, 2.45) is 21.6 Å². The Bertz CT molecular complexity index is 243. The van der Waals surface area contributed by atoms with Crippen molar-refractivity contribution >= 4 is 11.7 Å². The minimum Gasteiger partial charge on any atom is -0.387 e. The van der Waals surface area contributed by atoms with Crippen molar-refractivity contribution in [1.29, 1.82) is 0 Å². The van der Waals surface area contributed by atoms with E-state index < -0.39 is 12.0 Å². The summed E-state index contributed by atoms with van der Waals surface area (Å²) in [6.45, 7) is 3.53. The molecule has 0 aliphatic heterocycles. The van der Waals surface area contributed by atoms with Crippen LogP contribution in [0.3, 0.4) is 0 Å². The standard InChI is InChI=1S/C8H14F3N3/c1-4-5(2)6(12)14-7(13-3)8(9,10)11/h5H,4H2,1-3H3,(H2,12,13,14). The number of hydrogen-bond donors (Lipinski definition) is 1. The molecule has 0 bridgehead atoms. The lowest BCUT2D eigenvalue weighted by Gasteiger charge is -2.10. The smallest absolute Gasteiger partial charge is 0.387 e. The fourth-order valence-electron chi connectivity index (χ4n) is 0.682. The van der Waals surface area contributed by atoms with Crippen molar-refractivity contribution in [3.8, 4) is 0 Å². The molecule has 0 aromatic heterocycles. The lowest BCUT2D eigenvalue weighted by Crippen LogP contribution is -2.28. The van der Waals surface area contributed by atoms with E-state index in [0.717, 1.165) is 7.05 Å². The van der Waals surface area contributed by atoms with E-state index in [-0.39, 0.29) is 11.8 Å². The third-order valence-corrected chi connectivity index (χ3v) is 1.82. The summed E-state index contributed by atoms with van der Waals surface area (Å²) in [5.41, 5.74) is 5.37. The highest BCUT2D eigenvalue weighted by Crippen LogP contribution is 2.18. The van der Waals surface area contributed by atoms with Crippen LogP contribution >= 0.6 is 0 Å². The molecule has 3 nitrogen and oxygen atoms in total. The lowest BCUT2D eigenvalue weighted by molar-refractivity contribution is -0.0597. The molecule has 0 aliphatic rings. The van der Waals surface area contributed by atoms with E-state index in [9.17, 15) is 13.2 Å². The molecule has 0 aromatic rings. The third kappa shape index (κ3) is 3.76. The van der Waals surface area contributed by atoms with Gasteiger partial charge < -0.3 is 5.73 Å². The van der Waals surface area contributed by atoms with Gasteiger partial charge in [-0.25, -0.2) is 4.99 Å². The van der Waals surface area contributed by atoms with E-state index in [1.165, 1.54) is 0 Å². The molecule has 0 rings (SSSR count). The molecule has 2 N–H and O–H groups in total. The average molecular weight is 209 g/mol. The van der Waals surface area contributed by atoms with Crippen molar-refractivity contribution in [2.75, 3.05) is 7.05 Å². The van der Waals surface area contributed by atoms with Gasteiger partial charge in [0.2, 0.25) is 5.84 Å². The Hall–Kier alpha value is -1.07. The summed E-state index contributed by atoms with van der Waals surface area (Å²) in [5, 5.41) is 0. The first-order chi connectivity index (χ1) is 6.32. The van der Waals surface area contributed by atoms with Gasteiger partial charge in [-0.15, -0.1) is 0 Å². The molecular weight excluding hydrogens is 195 g/mol. The first-order valence-electron chi connectivity index (χ1n) is 4.21. The molecule has 0 radical (unpaired) electrons. The first-order valence-corrected chi connectivity index (χ1v) is 4.21. The van der Waals surface area contributed by atoms with Gasteiger partial charge >= 0.3 is 6.18 Å². The monoisotopic (exact) mass is 209 g/mol. The van der Waals surface area contributed by atoms with Crippen LogP contribution in [-0.4, -0.2) is 24.9 Å². The van der Waals surface area contributed by atoms with E-state index >= 15 is 0 Å². The van der Waals surface area contributed by atoms with Crippen molar-refractivity contribution in [3.05, 3.63) is 0 Å². The Morgan fingerprint density at radius 3 is 2.21 bits per heavy atom. The van der Waals surface area contributed by atoms with E-state index in [1.807, 2.05) is 6.92 Å². The summed E-state index contributed by atoms with van der Waals surface area (Å²) in [6, 6.07) is 0. The quantitative estimate of drug-likeness (QED) is 0.548. The minimum atomic E-state index is -4.53. The summed E-state index contributed by atoms with van der Waals surface area (Å²) < 4.78 is 36.5. The van der Waals surface area contributed by atoms with Gasteiger partial charge in [-0.2, -0.15) is 13.2 Å². The second kappa shape index (κ2) is 4.97. The van der Waals surface area contributed by atoms with Crippen LogP contribution in [0, 0.1) is 5.92 Å². The van der Waals surface area contributed by atoms with Gasteiger partial charge in [-0.05, 0) is 6.42 Å². The average Bonchev–Trinajstić information content (AvgIpc) is 2.10. The third-order valence-electron chi connectivity index (χ3n) is 1.82. The predicted molar refractivity (Wildman–Crippen MR) is 50.5 cm³/mol. The Balaban J connectivity index is 4.78. The van der Waals surface area contributed by atoms with E-state index in [2.05, 4.69) is 9.98 Å². The molecule has 0 saturated heterocycles. The van der Waals surface area contributed by atoms with Crippen LogP contribution in [0.15, 0.2) is 9.98 Å². The second-order valence-corrected chi connectivity index (χ2v) is 2.89. The summed E-state index contributed by atoms with van der Waals surface area (Å²) in [5.74, 6) is -1.39. The number of rotatable bonds is 2. The van der Waals surface area contributed by atoms with Crippen molar-refractivity contribution in [1.82, 2.24) is 0 Å². The van der Waals surface area contributed by atoms with Crippen LogP contribution in [0.2, 0.25) is 0 Å². The molecule has 0 saturated carbocycles. The van der Waals surface area contributed by atoms with Crippen molar-refractivity contribution < 1.29 is 13.2 Å². The van der Waals surface area contributed by atoms with Gasteiger partial charge in [0.15, 0.2) is 0 Å². The van der Waals surface area contributed by atoms with Crippen LogP contribution in [-0.2, 0) is 0 Å². The molecule has 0 aromatic carbocycles. The molecule has 6 heteroatoms. The molecule has 0 spiro atoms. The second-order valence-electron chi connectivity index (χ2n) is 2.89. The van der Waals surface area contributed by atoms with Gasteiger partial charge in [0, 0.05) is 13.0 Å². The molecular formula is C8H14F3N3. The molecule has 82 valence electrons. The highest BCUT2D eigenvalue weighted by atomic mass is 19.4. The predicted octanol–water partition coefficient (Wildman–Crippen LogP) is 1.98. The topological polar surface area (TPSA) is 50.7 Å². The molecule has 1 atom stereocenters. The molecule has 0 heterocycles. The van der Waals surface area contributed by atoms with Crippen LogP contribution in [0.1, 0.15) is 20.3 Å². The molecule has 0 aliphatic carbocycles. The summed E-state index contributed by atoms with van der Waals surface area (Å²) in [6.07, 6.45) is -3.89. The van der Waals surface area contributed by atoms with Crippen molar-refractivity contribution in [3.63, 3.8) is 0 Å². The number of hydrogen-bond acceptors (Lipinski definition) is 1. The zero-order chi connectivity index (χ0) is 11.4. The maximum absolute atomic E-state index is 12.2. The number of aliphatic imine (C=N–C) groups is 2. The minimum absolute atomic E-state index is 0.0366. The summed E-state index contributed by atoms with van der Waals surface area (Å²) in [7, 11) is 1.04. The zero-order valence-corrected chi connectivity index (χ0v) is 8.39. The molecule has 14 heavy (non-hydrogen) atoms. The van der Waals surface area contributed by atoms with Gasteiger partial charge in [-0.3, -0.25) is 4.99 Å².